The smallest absolute Gasteiger partial charge is 0.242 e. The van der Waals surface area contributed by atoms with Crippen LogP contribution >= 0.6 is 0 Å². The minimum absolute atomic E-state index is 0.449. The van der Waals surface area contributed by atoms with E-state index in [0.717, 1.165) is 42.7 Å². The lowest BCUT2D eigenvalue weighted by Gasteiger charge is -2.30. The molecule has 6 heteroatoms. The van der Waals surface area contributed by atoms with Crippen molar-refractivity contribution in [3.63, 3.8) is 0 Å². The van der Waals surface area contributed by atoms with Crippen LogP contribution in [0, 0.1) is 0 Å². The Hall–Kier alpha value is -2.15. The first kappa shape index (κ1) is 17.3. The number of aromatic nitrogens is 1. The van der Waals surface area contributed by atoms with Gasteiger partial charge in [0.05, 0.1) is 4.90 Å². The van der Waals surface area contributed by atoms with Gasteiger partial charge in [0, 0.05) is 44.9 Å². The molecule has 0 fully saturated rings. The first-order chi connectivity index (χ1) is 12.4. The van der Waals surface area contributed by atoms with Gasteiger partial charge in [-0.15, -0.1) is 0 Å². The number of sulfonamides is 1. The van der Waals surface area contributed by atoms with Gasteiger partial charge in [0.25, 0.3) is 0 Å². The highest BCUT2D eigenvalue weighted by Crippen LogP contribution is 2.28. The molecule has 0 atom stereocenters. The summed E-state index contributed by atoms with van der Waals surface area (Å²) in [6.45, 7) is 2.45. The molecule has 0 amide bonds. The Labute approximate surface area is 154 Å². The monoisotopic (exact) mass is 369 g/mol. The van der Waals surface area contributed by atoms with Crippen LogP contribution in [0.1, 0.15) is 16.8 Å². The molecule has 0 saturated heterocycles. The van der Waals surface area contributed by atoms with Crippen molar-refractivity contribution in [1.82, 2.24) is 14.2 Å². The van der Waals surface area contributed by atoms with Gasteiger partial charge in [0.2, 0.25) is 10.0 Å². The fraction of sp³-hybridized carbons (Fsp3) is 0.300. The van der Waals surface area contributed by atoms with Crippen molar-refractivity contribution in [2.45, 2.75) is 24.4 Å². The second-order valence-electron chi connectivity index (χ2n) is 7.02. The third kappa shape index (κ3) is 3.05. The Morgan fingerprint density at radius 2 is 1.92 bits per heavy atom. The van der Waals surface area contributed by atoms with Crippen molar-refractivity contribution in [2.75, 3.05) is 20.6 Å². The van der Waals surface area contributed by atoms with Crippen LogP contribution in [0.15, 0.2) is 53.4 Å². The topological polar surface area (TPSA) is 56.4 Å². The zero-order chi connectivity index (χ0) is 18.3. The van der Waals surface area contributed by atoms with Gasteiger partial charge in [-0.05, 0) is 41.1 Å². The summed E-state index contributed by atoms with van der Waals surface area (Å²) in [6.07, 6.45) is 0.749. The lowest BCUT2D eigenvalue weighted by molar-refractivity contribution is 0.242. The first-order valence-electron chi connectivity index (χ1n) is 8.77. The molecule has 1 aromatic heterocycles. The number of H-pyrrole nitrogens is 1. The van der Waals surface area contributed by atoms with E-state index >= 15 is 0 Å². The molecule has 2 aromatic carbocycles. The molecule has 26 heavy (non-hydrogen) atoms. The summed E-state index contributed by atoms with van der Waals surface area (Å²) in [5.74, 6) is 0. The van der Waals surface area contributed by atoms with E-state index < -0.39 is 10.0 Å². The Kier molecular flexibility index (Phi) is 4.34. The number of rotatable bonds is 4. The number of nitrogens with zero attached hydrogens (tertiary/aromatic N) is 2. The largest absolute Gasteiger partial charge is 0.357 e. The van der Waals surface area contributed by atoms with E-state index in [1.807, 2.05) is 24.3 Å². The van der Waals surface area contributed by atoms with E-state index in [1.54, 1.807) is 20.2 Å². The van der Waals surface area contributed by atoms with Gasteiger partial charge in [0.1, 0.15) is 0 Å². The molecule has 0 unspecified atom stereocenters. The van der Waals surface area contributed by atoms with E-state index in [2.05, 4.69) is 28.1 Å². The normalized spacial score (nSPS) is 15.5. The summed E-state index contributed by atoms with van der Waals surface area (Å²) >= 11 is 0. The number of benzene rings is 2. The van der Waals surface area contributed by atoms with E-state index in [9.17, 15) is 8.42 Å². The molecule has 1 N–H and O–H groups in total. The molecule has 0 radical (unpaired) electrons. The van der Waals surface area contributed by atoms with Crippen molar-refractivity contribution >= 4 is 20.9 Å². The van der Waals surface area contributed by atoms with Crippen LogP contribution in [0.5, 0.6) is 0 Å². The average Bonchev–Trinajstić information content (AvgIpc) is 3.03. The van der Waals surface area contributed by atoms with Crippen LogP contribution in [0.3, 0.4) is 0 Å². The Balaban J connectivity index is 1.58. The van der Waals surface area contributed by atoms with Crippen LogP contribution < -0.4 is 0 Å². The maximum absolute atomic E-state index is 12.6. The van der Waals surface area contributed by atoms with Crippen molar-refractivity contribution in [3.05, 3.63) is 65.4 Å². The van der Waals surface area contributed by atoms with Crippen LogP contribution in [-0.4, -0.2) is 43.2 Å². The summed E-state index contributed by atoms with van der Waals surface area (Å²) in [4.78, 5) is 6.28. The molecular weight excluding hydrogens is 346 g/mol. The van der Waals surface area contributed by atoms with Gasteiger partial charge in [-0.1, -0.05) is 30.3 Å². The molecule has 3 aromatic rings. The Bertz CT molecular complexity index is 1020. The lowest BCUT2D eigenvalue weighted by Crippen LogP contribution is -2.32. The third-order valence-electron chi connectivity index (χ3n) is 5.04. The first-order valence-corrected chi connectivity index (χ1v) is 10.2. The maximum Gasteiger partial charge on any atom is 0.242 e. The number of para-hydroxylation sites is 1. The SMILES string of the molecule is CN(C)S(=O)(=O)c1cccc2c1CCN(Cc1cc3ccccc3[nH]1)C2. The van der Waals surface area contributed by atoms with E-state index in [4.69, 9.17) is 0 Å². The molecule has 5 nitrogen and oxygen atoms in total. The van der Waals surface area contributed by atoms with Crippen LogP contribution in [0.4, 0.5) is 0 Å². The molecule has 2 heterocycles. The number of hydrogen-bond donors (Lipinski definition) is 1. The van der Waals surface area contributed by atoms with Crippen molar-refractivity contribution in [1.29, 1.82) is 0 Å². The van der Waals surface area contributed by atoms with Crippen molar-refractivity contribution < 1.29 is 8.42 Å². The summed E-state index contributed by atoms with van der Waals surface area (Å²) in [5, 5.41) is 1.22. The zero-order valence-electron chi connectivity index (χ0n) is 15.1. The predicted octanol–water partition coefficient (Wildman–Crippen LogP) is 2.98. The van der Waals surface area contributed by atoms with Gasteiger partial charge in [0.15, 0.2) is 0 Å². The number of aromatic amines is 1. The van der Waals surface area contributed by atoms with Gasteiger partial charge < -0.3 is 4.98 Å². The Morgan fingerprint density at radius 3 is 2.69 bits per heavy atom. The van der Waals surface area contributed by atoms with Gasteiger partial charge in [-0.2, -0.15) is 0 Å². The molecule has 1 aliphatic rings. The van der Waals surface area contributed by atoms with Gasteiger partial charge in [-0.25, -0.2) is 12.7 Å². The fourth-order valence-electron chi connectivity index (χ4n) is 3.67. The predicted molar refractivity (Wildman–Crippen MR) is 103 cm³/mol. The van der Waals surface area contributed by atoms with Crippen LogP contribution in [0.2, 0.25) is 0 Å². The highest BCUT2D eigenvalue weighted by molar-refractivity contribution is 7.89. The highest BCUT2D eigenvalue weighted by atomic mass is 32.2. The molecule has 136 valence electrons. The van der Waals surface area contributed by atoms with E-state index in [1.165, 1.54) is 15.4 Å². The number of hydrogen-bond acceptors (Lipinski definition) is 3. The summed E-state index contributed by atoms with van der Waals surface area (Å²) in [7, 11) is -0.237. The minimum Gasteiger partial charge on any atom is -0.357 e. The van der Waals surface area contributed by atoms with Crippen LogP contribution in [-0.2, 0) is 29.5 Å². The molecule has 0 bridgehead atoms. The second-order valence-corrected chi connectivity index (χ2v) is 9.14. The average molecular weight is 369 g/mol. The highest BCUT2D eigenvalue weighted by Gasteiger charge is 2.26. The molecule has 0 spiro atoms. The fourth-order valence-corrected chi connectivity index (χ4v) is 4.85. The van der Waals surface area contributed by atoms with Crippen molar-refractivity contribution in [2.24, 2.45) is 0 Å². The Morgan fingerprint density at radius 1 is 1.12 bits per heavy atom. The molecular formula is C20H23N3O2S. The van der Waals surface area contributed by atoms with Crippen LogP contribution in [0.25, 0.3) is 10.9 Å². The zero-order valence-corrected chi connectivity index (χ0v) is 15.9. The third-order valence-corrected chi connectivity index (χ3v) is 6.94. The number of nitrogens with one attached hydrogen (secondary N) is 1. The lowest BCUT2D eigenvalue weighted by atomic mass is 9.99. The molecule has 0 aliphatic carbocycles. The summed E-state index contributed by atoms with van der Waals surface area (Å²) < 4.78 is 26.5. The standard InChI is InChI=1S/C20H23N3O2S/c1-22(2)26(24,25)20-9-5-7-16-13-23(11-10-18(16)20)14-17-12-15-6-3-4-8-19(15)21-17/h3-9,12,21H,10-11,13-14H2,1-2H3. The molecule has 4 rings (SSSR count). The molecule has 1 aliphatic heterocycles. The maximum atomic E-state index is 12.6. The van der Waals surface area contributed by atoms with Gasteiger partial charge in [-0.3, -0.25) is 4.90 Å². The second kappa shape index (κ2) is 6.54. The summed E-state index contributed by atoms with van der Waals surface area (Å²) in [6, 6.07) is 16.1. The quantitative estimate of drug-likeness (QED) is 0.769. The minimum atomic E-state index is -3.40. The van der Waals surface area contributed by atoms with E-state index in [0.29, 0.717) is 4.90 Å². The summed E-state index contributed by atoms with van der Waals surface area (Å²) in [5.41, 5.74) is 4.41. The van der Waals surface area contributed by atoms with Gasteiger partial charge >= 0.3 is 0 Å². The number of fused-ring (bicyclic) bond motifs is 2. The van der Waals surface area contributed by atoms with Crippen molar-refractivity contribution in [3.8, 4) is 0 Å². The van der Waals surface area contributed by atoms with E-state index in [-0.39, 0.29) is 0 Å². The molecule has 0 saturated carbocycles.